The molecule has 136 valence electrons. The van der Waals surface area contributed by atoms with Gasteiger partial charge in [-0.3, -0.25) is 4.99 Å². The summed E-state index contributed by atoms with van der Waals surface area (Å²) in [6.45, 7) is 4.45. The van der Waals surface area contributed by atoms with Crippen LogP contribution in [-0.2, 0) is 6.54 Å². The number of halogens is 1. The Labute approximate surface area is 165 Å². The predicted octanol–water partition coefficient (Wildman–Crippen LogP) is 2.80. The SMILES string of the molecule is CN=C(NCc1ccco1)N1CCN(c2ccc(OC)cc2)CC1.I. The van der Waals surface area contributed by atoms with E-state index in [0.29, 0.717) is 6.54 Å². The number of methoxy groups -OCH3 is 1. The van der Waals surface area contributed by atoms with E-state index in [2.05, 4.69) is 32.2 Å². The first kappa shape index (κ1) is 19.4. The molecule has 2 aromatic rings. The standard InChI is InChI=1S/C18H24N4O2.HI/c1-19-18(20-14-17-4-3-13-24-17)22-11-9-21(10-12-22)15-5-7-16(23-2)8-6-15;/h3-8,13H,9-12,14H2,1-2H3,(H,19,20);1H. The van der Waals surface area contributed by atoms with E-state index in [9.17, 15) is 0 Å². The summed E-state index contributed by atoms with van der Waals surface area (Å²) in [5, 5.41) is 3.36. The normalized spacial score (nSPS) is 14.9. The minimum Gasteiger partial charge on any atom is -0.497 e. The van der Waals surface area contributed by atoms with E-state index in [1.807, 2.05) is 31.3 Å². The van der Waals surface area contributed by atoms with Gasteiger partial charge in [0.25, 0.3) is 0 Å². The highest BCUT2D eigenvalue weighted by Crippen LogP contribution is 2.20. The lowest BCUT2D eigenvalue weighted by Gasteiger charge is -2.37. The van der Waals surface area contributed by atoms with Crippen molar-refractivity contribution in [1.29, 1.82) is 0 Å². The summed E-state index contributed by atoms with van der Waals surface area (Å²) < 4.78 is 10.6. The van der Waals surface area contributed by atoms with Gasteiger partial charge in [0.15, 0.2) is 5.96 Å². The number of nitrogens with one attached hydrogen (secondary N) is 1. The third kappa shape index (κ3) is 5.04. The van der Waals surface area contributed by atoms with E-state index in [1.54, 1.807) is 13.4 Å². The first-order valence-electron chi connectivity index (χ1n) is 8.17. The van der Waals surface area contributed by atoms with E-state index in [4.69, 9.17) is 9.15 Å². The lowest BCUT2D eigenvalue weighted by atomic mass is 10.2. The van der Waals surface area contributed by atoms with Crippen molar-refractivity contribution in [2.75, 3.05) is 45.2 Å². The van der Waals surface area contributed by atoms with Crippen molar-refractivity contribution >= 4 is 35.6 Å². The molecule has 1 aliphatic heterocycles. The van der Waals surface area contributed by atoms with Crippen molar-refractivity contribution in [2.45, 2.75) is 6.54 Å². The van der Waals surface area contributed by atoms with Crippen LogP contribution in [0.3, 0.4) is 0 Å². The van der Waals surface area contributed by atoms with Crippen LogP contribution in [0.4, 0.5) is 5.69 Å². The molecule has 0 aliphatic carbocycles. The van der Waals surface area contributed by atoms with Gasteiger partial charge in [0.2, 0.25) is 0 Å². The van der Waals surface area contributed by atoms with Crippen LogP contribution in [0.15, 0.2) is 52.1 Å². The Balaban J connectivity index is 0.00000225. The number of nitrogens with zero attached hydrogens (tertiary/aromatic N) is 3. The van der Waals surface area contributed by atoms with E-state index in [1.165, 1.54) is 5.69 Å². The van der Waals surface area contributed by atoms with Crippen LogP contribution < -0.4 is 15.0 Å². The van der Waals surface area contributed by atoms with Gasteiger partial charge in [0.05, 0.1) is 19.9 Å². The number of piperazine rings is 1. The fourth-order valence-electron chi connectivity index (χ4n) is 2.88. The number of hydrogen-bond donors (Lipinski definition) is 1. The van der Waals surface area contributed by atoms with Gasteiger partial charge in [0, 0.05) is 38.9 Å². The van der Waals surface area contributed by atoms with E-state index >= 15 is 0 Å². The minimum absolute atomic E-state index is 0. The van der Waals surface area contributed by atoms with Gasteiger partial charge in [-0.25, -0.2) is 0 Å². The minimum atomic E-state index is 0. The second kappa shape index (κ2) is 9.55. The summed E-state index contributed by atoms with van der Waals surface area (Å²) in [6, 6.07) is 12.1. The Morgan fingerprint density at radius 2 is 1.88 bits per heavy atom. The number of guanidine groups is 1. The van der Waals surface area contributed by atoms with Gasteiger partial charge in [-0.1, -0.05) is 0 Å². The van der Waals surface area contributed by atoms with Crippen LogP contribution in [0.1, 0.15) is 5.76 Å². The zero-order valence-electron chi connectivity index (χ0n) is 14.6. The summed E-state index contributed by atoms with van der Waals surface area (Å²) in [5.74, 6) is 2.72. The maximum absolute atomic E-state index is 5.36. The molecular formula is C18H25IN4O2. The van der Waals surface area contributed by atoms with Gasteiger partial charge >= 0.3 is 0 Å². The molecule has 7 heteroatoms. The van der Waals surface area contributed by atoms with Crippen molar-refractivity contribution in [2.24, 2.45) is 4.99 Å². The Morgan fingerprint density at radius 1 is 1.16 bits per heavy atom. The first-order chi connectivity index (χ1) is 11.8. The van der Waals surface area contributed by atoms with Gasteiger partial charge in [0.1, 0.15) is 11.5 Å². The number of furan rings is 1. The number of anilines is 1. The zero-order valence-corrected chi connectivity index (χ0v) is 17.0. The highest BCUT2D eigenvalue weighted by molar-refractivity contribution is 14.0. The fraction of sp³-hybridized carbons (Fsp3) is 0.389. The molecule has 3 rings (SSSR count). The largest absolute Gasteiger partial charge is 0.497 e. The van der Waals surface area contributed by atoms with Gasteiger partial charge in [-0.05, 0) is 36.4 Å². The van der Waals surface area contributed by atoms with Crippen molar-refractivity contribution in [1.82, 2.24) is 10.2 Å². The molecule has 0 bridgehead atoms. The van der Waals surface area contributed by atoms with Crippen LogP contribution in [0.25, 0.3) is 0 Å². The summed E-state index contributed by atoms with van der Waals surface area (Å²) >= 11 is 0. The molecule has 0 radical (unpaired) electrons. The predicted molar refractivity (Wildman–Crippen MR) is 111 cm³/mol. The maximum Gasteiger partial charge on any atom is 0.194 e. The molecule has 0 unspecified atom stereocenters. The molecule has 6 nitrogen and oxygen atoms in total. The maximum atomic E-state index is 5.36. The number of hydrogen-bond acceptors (Lipinski definition) is 4. The third-order valence-corrected chi connectivity index (χ3v) is 4.23. The smallest absolute Gasteiger partial charge is 0.194 e. The average molecular weight is 456 g/mol. The molecule has 25 heavy (non-hydrogen) atoms. The molecule has 2 heterocycles. The van der Waals surface area contributed by atoms with Crippen molar-refractivity contribution in [3.63, 3.8) is 0 Å². The second-order valence-corrected chi connectivity index (χ2v) is 5.65. The molecule has 1 saturated heterocycles. The second-order valence-electron chi connectivity index (χ2n) is 5.65. The van der Waals surface area contributed by atoms with Crippen molar-refractivity contribution in [3.8, 4) is 5.75 Å². The molecular weight excluding hydrogens is 431 g/mol. The first-order valence-corrected chi connectivity index (χ1v) is 8.17. The van der Waals surface area contributed by atoms with Crippen LogP contribution in [0.2, 0.25) is 0 Å². The summed E-state index contributed by atoms with van der Waals surface area (Å²) in [7, 11) is 3.51. The lowest BCUT2D eigenvalue weighted by molar-refractivity contribution is 0.369. The van der Waals surface area contributed by atoms with Gasteiger partial charge in [-0.2, -0.15) is 0 Å². The molecule has 1 aliphatic rings. The molecule has 0 amide bonds. The fourth-order valence-corrected chi connectivity index (χ4v) is 2.88. The van der Waals surface area contributed by atoms with Gasteiger partial charge in [-0.15, -0.1) is 24.0 Å². The quantitative estimate of drug-likeness (QED) is 0.436. The zero-order chi connectivity index (χ0) is 16.8. The molecule has 1 fully saturated rings. The Kier molecular flexibility index (Phi) is 7.42. The van der Waals surface area contributed by atoms with E-state index < -0.39 is 0 Å². The summed E-state index contributed by atoms with van der Waals surface area (Å²) in [5.41, 5.74) is 1.23. The molecule has 0 saturated carbocycles. The molecule has 1 aromatic carbocycles. The average Bonchev–Trinajstić information content (AvgIpc) is 3.16. The summed E-state index contributed by atoms with van der Waals surface area (Å²) in [6.07, 6.45) is 1.69. The highest BCUT2D eigenvalue weighted by Gasteiger charge is 2.19. The van der Waals surface area contributed by atoms with Crippen molar-refractivity contribution in [3.05, 3.63) is 48.4 Å². The number of rotatable bonds is 4. The molecule has 1 N–H and O–H groups in total. The number of benzene rings is 1. The van der Waals surface area contributed by atoms with E-state index in [-0.39, 0.29) is 24.0 Å². The van der Waals surface area contributed by atoms with Crippen LogP contribution in [0, 0.1) is 0 Å². The molecule has 1 aromatic heterocycles. The third-order valence-electron chi connectivity index (χ3n) is 4.23. The van der Waals surface area contributed by atoms with Gasteiger partial charge < -0.3 is 24.3 Å². The summed E-state index contributed by atoms with van der Waals surface area (Å²) in [4.78, 5) is 9.05. The van der Waals surface area contributed by atoms with Crippen LogP contribution >= 0.6 is 24.0 Å². The van der Waals surface area contributed by atoms with Crippen molar-refractivity contribution < 1.29 is 9.15 Å². The van der Waals surface area contributed by atoms with Crippen LogP contribution in [-0.4, -0.2) is 51.2 Å². The Hall–Kier alpha value is -1.90. The molecule has 0 atom stereocenters. The Morgan fingerprint density at radius 3 is 2.44 bits per heavy atom. The molecule has 0 spiro atoms. The topological polar surface area (TPSA) is 53.2 Å². The number of aliphatic imine (C=N–C) groups is 1. The monoisotopic (exact) mass is 456 g/mol. The highest BCUT2D eigenvalue weighted by atomic mass is 127. The number of ether oxygens (including phenoxy) is 1. The van der Waals surface area contributed by atoms with Crippen LogP contribution in [0.5, 0.6) is 5.75 Å². The van der Waals surface area contributed by atoms with E-state index in [0.717, 1.165) is 43.6 Å². The Bertz CT molecular complexity index is 650. The lowest BCUT2D eigenvalue weighted by Crippen LogP contribution is -2.52.